The van der Waals surface area contributed by atoms with E-state index in [0.717, 1.165) is 24.8 Å². The van der Waals surface area contributed by atoms with Gasteiger partial charge in [-0.05, 0) is 38.0 Å². The molecule has 0 radical (unpaired) electrons. The van der Waals surface area contributed by atoms with Gasteiger partial charge in [0.25, 0.3) is 0 Å². The lowest BCUT2D eigenvalue weighted by Crippen LogP contribution is -2.37. The predicted octanol–water partition coefficient (Wildman–Crippen LogP) is 2.27. The van der Waals surface area contributed by atoms with Crippen LogP contribution in [0.2, 0.25) is 0 Å². The van der Waals surface area contributed by atoms with E-state index in [-0.39, 0.29) is 12.1 Å². The van der Waals surface area contributed by atoms with Crippen LogP contribution >= 0.6 is 0 Å². The molecule has 0 spiro atoms. The molecule has 3 atom stereocenters. The first kappa shape index (κ1) is 15.3. The molecule has 1 saturated carbocycles. The summed E-state index contributed by atoms with van der Waals surface area (Å²) in [6.45, 7) is 5.34. The standard InChI is InChI=1S/C14H28N2O2/c1-11-4-3-5-13(10-11)7-9-16-14(18)15-8-6-12(2)17/h11-13,17H,3-10H2,1-2H3,(H2,15,16,18). The van der Waals surface area contributed by atoms with Gasteiger partial charge in [-0.1, -0.05) is 26.2 Å². The van der Waals surface area contributed by atoms with Crippen molar-refractivity contribution in [2.24, 2.45) is 11.8 Å². The molecule has 0 bridgehead atoms. The average molecular weight is 256 g/mol. The van der Waals surface area contributed by atoms with Crippen molar-refractivity contribution in [3.05, 3.63) is 0 Å². The number of hydrogen-bond acceptors (Lipinski definition) is 2. The topological polar surface area (TPSA) is 61.4 Å². The van der Waals surface area contributed by atoms with Gasteiger partial charge in [0.15, 0.2) is 0 Å². The van der Waals surface area contributed by atoms with Crippen molar-refractivity contribution in [1.82, 2.24) is 10.6 Å². The first-order valence-corrected chi connectivity index (χ1v) is 7.27. The Morgan fingerprint density at radius 3 is 2.72 bits per heavy atom. The highest BCUT2D eigenvalue weighted by Gasteiger charge is 2.18. The van der Waals surface area contributed by atoms with Crippen LogP contribution in [0.3, 0.4) is 0 Å². The molecule has 0 aliphatic heterocycles. The Kier molecular flexibility index (Phi) is 7.09. The zero-order valence-corrected chi connectivity index (χ0v) is 11.7. The van der Waals surface area contributed by atoms with E-state index in [2.05, 4.69) is 17.6 Å². The Bertz CT molecular complexity index is 244. The molecule has 1 aliphatic carbocycles. The molecule has 0 aromatic carbocycles. The maximum atomic E-state index is 11.4. The van der Waals surface area contributed by atoms with Crippen molar-refractivity contribution in [3.8, 4) is 0 Å². The van der Waals surface area contributed by atoms with Gasteiger partial charge in [0.2, 0.25) is 0 Å². The Hall–Kier alpha value is -0.770. The summed E-state index contributed by atoms with van der Waals surface area (Å²) in [5.41, 5.74) is 0. The van der Waals surface area contributed by atoms with Crippen LogP contribution in [0.5, 0.6) is 0 Å². The molecule has 0 aromatic heterocycles. The lowest BCUT2D eigenvalue weighted by atomic mass is 9.81. The molecule has 1 rings (SSSR count). The fourth-order valence-electron chi connectivity index (χ4n) is 2.67. The minimum atomic E-state index is -0.353. The van der Waals surface area contributed by atoms with Crippen molar-refractivity contribution in [2.75, 3.05) is 13.1 Å². The number of urea groups is 1. The van der Waals surface area contributed by atoms with Crippen LogP contribution in [0.25, 0.3) is 0 Å². The van der Waals surface area contributed by atoms with Crippen molar-refractivity contribution in [1.29, 1.82) is 0 Å². The third-order valence-electron chi connectivity index (χ3n) is 3.73. The van der Waals surface area contributed by atoms with E-state index < -0.39 is 0 Å². The number of carbonyl (C=O) groups excluding carboxylic acids is 1. The Labute approximate surface area is 111 Å². The number of hydrogen-bond donors (Lipinski definition) is 3. The largest absolute Gasteiger partial charge is 0.393 e. The minimum absolute atomic E-state index is 0.112. The Morgan fingerprint density at radius 1 is 1.33 bits per heavy atom. The van der Waals surface area contributed by atoms with Gasteiger partial charge >= 0.3 is 6.03 Å². The van der Waals surface area contributed by atoms with E-state index in [1.807, 2.05) is 0 Å². The summed E-state index contributed by atoms with van der Waals surface area (Å²) in [5, 5.41) is 14.7. The molecule has 106 valence electrons. The van der Waals surface area contributed by atoms with Crippen molar-refractivity contribution in [2.45, 2.75) is 58.5 Å². The van der Waals surface area contributed by atoms with Gasteiger partial charge in [-0.3, -0.25) is 0 Å². The average Bonchev–Trinajstić information content (AvgIpc) is 2.28. The maximum Gasteiger partial charge on any atom is 0.314 e. The number of aliphatic hydroxyl groups excluding tert-OH is 1. The molecule has 1 aliphatic rings. The number of nitrogens with one attached hydrogen (secondary N) is 2. The smallest absolute Gasteiger partial charge is 0.314 e. The molecular weight excluding hydrogens is 228 g/mol. The lowest BCUT2D eigenvalue weighted by Gasteiger charge is -2.26. The first-order chi connectivity index (χ1) is 8.58. The van der Waals surface area contributed by atoms with Crippen LogP contribution in [0.4, 0.5) is 4.79 Å². The van der Waals surface area contributed by atoms with Crippen molar-refractivity contribution in [3.63, 3.8) is 0 Å². The van der Waals surface area contributed by atoms with E-state index >= 15 is 0 Å². The third kappa shape index (κ3) is 6.84. The zero-order chi connectivity index (χ0) is 13.4. The predicted molar refractivity (Wildman–Crippen MR) is 73.4 cm³/mol. The van der Waals surface area contributed by atoms with Crippen LogP contribution in [-0.2, 0) is 0 Å². The number of rotatable bonds is 6. The quantitative estimate of drug-likeness (QED) is 0.682. The molecule has 3 unspecified atom stereocenters. The molecule has 2 amide bonds. The van der Waals surface area contributed by atoms with E-state index in [0.29, 0.717) is 13.0 Å². The number of carbonyl (C=O) groups is 1. The van der Waals surface area contributed by atoms with Gasteiger partial charge in [-0.25, -0.2) is 4.79 Å². The SMILES string of the molecule is CC(O)CCNC(=O)NCCC1CCCC(C)C1. The zero-order valence-electron chi connectivity index (χ0n) is 11.7. The fourth-order valence-corrected chi connectivity index (χ4v) is 2.67. The van der Waals surface area contributed by atoms with Crippen LogP contribution in [0.15, 0.2) is 0 Å². The molecule has 0 saturated heterocycles. The molecule has 18 heavy (non-hydrogen) atoms. The lowest BCUT2D eigenvalue weighted by molar-refractivity contribution is 0.183. The third-order valence-corrected chi connectivity index (χ3v) is 3.73. The molecule has 3 N–H and O–H groups in total. The second kappa shape index (κ2) is 8.35. The molecule has 4 nitrogen and oxygen atoms in total. The highest BCUT2D eigenvalue weighted by atomic mass is 16.3. The summed E-state index contributed by atoms with van der Waals surface area (Å²) in [5.74, 6) is 1.63. The van der Waals surface area contributed by atoms with Crippen LogP contribution in [0, 0.1) is 11.8 Å². The maximum absolute atomic E-state index is 11.4. The molecule has 0 aromatic rings. The fraction of sp³-hybridized carbons (Fsp3) is 0.929. The second-order valence-electron chi connectivity index (χ2n) is 5.75. The van der Waals surface area contributed by atoms with Gasteiger partial charge in [-0.2, -0.15) is 0 Å². The van der Waals surface area contributed by atoms with Gasteiger partial charge < -0.3 is 15.7 Å². The second-order valence-corrected chi connectivity index (χ2v) is 5.75. The molecule has 4 heteroatoms. The van der Waals surface area contributed by atoms with Crippen LogP contribution < -0.4 is 10.6 Å². The van der Waals surface area contributed by atoms with E-state index in [1.165, 1.54) is 25.7 Å². The minimum Gasteiger partial charge on any atom is -0.393 e. The van der Waals surface area contributed by atoms with E-state index in [1.54, 1.807) is 6.92 Å². The first-order valence-electron chi connectivity index (χ1n) is 7.27. The van der Waals surface area contributed by atoms with Gasteiger partial charge in [0.1, 0.15) is 0 Å². The summed E-state index contributed by atoms with van der Waals surface area (Å²) in [7, 11) is 0. The highest BCUT2D eigenvalue weighted by molar-refractivity contribution is 5.73. The summed E-state index contributed by atoms with van der Waals surface area (Å²) < 4.78 is 0. The van der Waals surface area contributed by atoms with E-state index in [9.17, 15) is 4.79 Å². The van der Waals surface area contributed by atoms with Crippen molar-refractivity contribution < 1.29 is 9.90 Å². The van der Waals surface area contributed by atoms with Crippen LogP contribution in [0.1, 0.15) is 52.4 Å². The number of amides is 2. The van der Waals surface area contributed by atoms with E-state index in [4.69, 9.17) is 5.11 Å². The Balaban J connectivity index is 2.01. The summed E-state index contributed by atoms with van der Waals surface area (Å²) in [6, 6.07) is -0.112. The van der Waals surface area contributed by atoms with Gasteiger partial charge in [-0.15, -0.1) is 0 Å². The normalized spacial score (nSPS) is 25.5. The molecular formula is C14H28N2O2. The summed E-state index contributed by atoms with van der Waals surface area (Å²) in [6.07, 6.45) is 6.67. The summed E-state index contributed by atoms with van der Waals surface area (Å²) in [4.78, 5) is 11.4. The monoisotopic (exact) mass is 256 g/mol. The molecule has 1 fully saturated rings. The Morgan fingerprint density at radius 2 is 2.06 bits per heavy atom. The van der Waals surface area contributed by atoms with Crippen LogP contribution in [-0.4, -0.2) is 30.3 Å². The number of aliphatic hydroxyl groups is 1. The van der Waals surface area contributed by atoms with Gasteiger partial charge in [0, 0.05) is 13.1 Å². The van der Waals surface area contributed by atoms with Crippen molar-refractivity contribution >= 4 is 6.03 Å². The summed E-state index contributed by atoms with van der Waals surface area (Å²) >= 11 is 0. The molecule has 0 heterocycles. The van der Waals surface area contributed by atoms with Gasteiger partial charge in [0.05, 0.1) is 6.10 Å². The highest BCUT2D eigenvalue weighted by Crippen LogP contribution is 2.30.